The average molecular weight is 351 g/mol. The van der Waals surface area contributed by atoms with Gasteiger partial charge in [0.15, 0.2) is 0 Å². The number of urea groups is 1. The van der Waals surface area contributed by atoms with Gasteiger partial charge in [0.1, 0.15) is 23.1 Å². The van der Waals surface area contributed by atoms with Crippen LogP contribution in [0.1, 0.15) is 18.1 Å². The molecule has 7 nitrogen and oxygen atoms in total. The summed E-state index contributed by atoms with van der Waals surface area (Å²) >= 11 is 0. The summed E-state index contributed by atoms with van der Waals surface area (Å²) in [4.78, 5) is 28.4. The monoisotopic (exact) mass is 351 g/mol. The van der Waals surface area contributed by atoms with Gasteiger partial charge in [-0.25, -0.2) is 9.69 Å². The number of anilines is 1. The first kappa shape index (κ1) is 17.3. The molecule has 26 heavy (non-hydrogen) atoms. The molecular weight excluding hydrogens is 334 g/mol. The number of carbonyl (C=O) groups is 2. The van der Waals surface area contributed by atoms with Crippen molar-refractivity contribution in [2.45, 2.75) is 12.5 Å². The molecule has 0 radical (unpaired) electrons. The molecule has 3 rings (SSSR count). The number of benzene rings is 2. The molecule has 0 spiro atoms. The van der Waals surface area contributed by atoms with Gasteiger partial charge in [-0.1, -0.05) is 12.1 Å². The number of aromatic hydroxyl groups is 1. The SMILES string of the molecule is COc1cc(N2C(=O)N(C)[C@](C)(c3ccc(O)cc3)C2=O)ccc1C#N. The number of hydrogen-bond donors (Lipinski definition) is 1. The number of hydrogen-bond acceptors (Lipinski definition) is 5. The Bertz CT molecular complexity index is 933. The minimum atomic E-state index is -1.22. The largest absolute Gasteiger partial charge is 0.508 e. The number of rotatable bonds is 3. The van der Waals surface area contributed by atoms with E-state index in [0.29, 0.717) is 16.8 Å². The summed E-state index contributed by atoms with van der Waals surface area (Å²) in [5.41, 5.74) is 0.000741. The van der Waals surface area contributed by atoms with Gasteiger partial charge < -0.3 is 14.7 Å². The van der Waals surface area contributed by atoms with Crippen LogP contribution in [0.25, 0.3) is 0 Å². The Morgan fingerprint density at radius 2 is 1.81 bits per heavy atom. The Kier molecular flexibility index (Phi) is 4.04. The number of phenolic OH excluding ortho intramolecular Hbond substituents is 1. The molecule has 1 aliphatic heterocycles. The van der Waals surface area contributed by atoms with E-state index < -0.39 is 17.5 Å². The molecule has 1 fully saturated rings. The molecule has 132 valence electrons. The van der Waals surface area contributed by atoms with E-state index in [1.807, 2.05) is 6.07 Å². The minimum Gasteiger partial charge on any atom is -0.508 e. The van der Waals surface area contributed by atoms with Gasteiger partial charge in [-0.3, -0.25) is 4.79 Å². The van der Waals surface area contributed by atoms with Crippen LogP contribution >= 0.6 is 0 Å². The zero-order valence-corrected chi connectivity index (χ0v) is 14.6. The van der Waals surface area contributed by atoms with Crippen LogP contribution in [0.4, 0.5) is 10.5 Å². The molecular formula is C19H17N3O4. The lowest BCUT2D eigenvalue weighted by Crippen LogP contribution is -2.42. The summed E-state index contributed by atoms with van der Waals surface area (Å²) < 4.78 is 5.17. The third-order valence-electron chi connectivity index (χ3n) is 4.76. The van der Waals surface area contributed by atoms with Gasteiger partial charge in [-0.15, -0.1) is 0 Å². The quantitative estimate of drug-likeness (QED) is 0.858. The predicted octanol–water partition coefficient (Wildman–Crippen LogP) is 2.59. The number of amides is 3. The summed E-state index contributed by atoms with van der Waals surface area (Å²) in [5.74, 6) is -0.0700. The second kappa shape index (κ2) is 6.08. The highest BCUT2D eigenvalue weighted by atomic mass is 16.5. The lowest BCUT2D eigenvalue weighted by Gasteiger charge is -2.28. The zero-order chi connectivity index (χ0) is 19.1. The zero-order valence-electron chi connectivity index (χ0n) is 14.6. The number of likely N-dealkylation sites (N-methyl/N-ethyl adjacent to an activating group) is 1. The molecule has 0 bridgehead atoms. The molecule has 1 heterocycles. The Labute approximate surface area is 150 Å². The van der Waals surface area contributed by atoms with Crippen molar-refractivity contribution < 1.29 is 19.4 Å². The first-order valence-corrected chi connectivity index (χ1v) is 7.84. The van der Waals surface area contributed by atoms with E-state index in [1.54, 1.807) is 26.1 Å². The van der Waals surface area contributed by atoms with E-state index in [9.17, 15) is 14.7 Å². The highest BCUT2D eigenvalue weighted by molar-refractivity contribution is 6.23. The second-order valence-corrected chi connectivity index (χ2v) is 6.10. The molecule has 7 heteroatoms. The van der Waals surface area contributed by atoms with Gasteiger partial charge in [0, 0.05) is 13.1 Å². The molecule has 3 amide bonds. The third kappa shape index (κ3) is 2.35. The Morgan fingerprint density at radius 1 is 1.15 bits per heavy atom. The molecule has 1 N–H and O–H groups in total. The molecule has 0 aliphatic carbocycles. The minimum absolute atomic E-state index is 0.0745. The third-order valence-corrected chi connectivity index (χ3v) is 4.76. The van der Waals surface area contributed by atoms with Crippen LogP contribution in [0, 0.1) is 11.3 Å². The summed E-state index contributed by atoms with van der Waals surface area (Å²) in [6.45, 7) is 1.65. The topological polar surface area (TPSA) is 93.9 Å². The van der Waals surface area contributed by atoms with Crippen molar-refractivity contribution in [3.63, 3.8) is 0 Å². The fourth-order valence-corrected chi connectivity index (χ4v) is 3.03. The number of carbonyl (C=O) groups excluding carboxylic acids is 2. The van der Waals surface area contributed by atoms with E-state index >= 15 is 0 Å². The van der Waals surface area contributed by atoms with Crippen LogP contribution in [0.5, 0.6) is 11.5 Å². The smallest absolute Gasteiger partial charge is 0.332 e. The van der Waals surface area contributed by atoms with Gasteiger partial charge in [0.25, 0.3) is 5.91 Å². The van der Waals surface area contributed by atoms with Gasteiger partial charge in [0.2, 0.25) is 0 Å². The van der Waals surface area contributed by atoms with Gasteiger partial charge in [-0.05, 0) is 36.8 Å². The summed E-state index contributed by atoms with van der Waals surface area (Å²) in [6.07, 6.45) is 0. The lowest BCUT2D eigenvalue weighted by molar-refractivity contribution is -0.124. The highest BCUT2D eigenvalue weighted by Gasteiger charge is 2.54. The average Bonchev–Trinajstić information content (AvgIpc) is 2.83. The van der Waals surface area contributed by atoms with Crippen molar-refractivity contribution >= 4 is 17.6 Å². The number of ether oxygens (including phenoxy) is 1. The molecule has 1 atom stereocenters. The van der Waals surface area contributed by atoms with Crippen molar-refractivity contribution in [3.8, 4) is 17.6 Å². The van der Waals surface area contributed by atoms with Crippen LogP contribution in [0.15, 0.2) is 42.5 Å². The van der Waals surface area contributed by atoms with E-state index in [0.717, 1.165) is 4.90 Å². The van der Waals surface area contributed by atoms with Crippen molar-refractivity contribution in [1.29, 1.82) is 5.26 Å². The molecule has 2 aromatic rings. The fraction of sp³-hybridized carbons (Fsp3) is 0.211. The summed E-state index contributed by atoms with van der Waals surface area (Å²) in [7, 11) is 2.97. The first-order valence-electron chi connectivity index (χ1n) is 7.84. The van der Waals surface area contributed by atoms with Crippen LogP contribution in [0.3, 0.4) is 0 Å². The maximum atomic E-state index is 13.2. The van der Waals surface area contributed by atoms with Crippen molar-refractivity contribution in [3.05, 3.63) is 53.6 Å². The molecule has 0 unspecified atom stereocenters. The van der Waals surface area contributed by atoms with E-state index in [-0.39, 0.29) is 11.5 Å². The highest BCUT2D eigenvalue weighted by Crippen LogP contribution is 2.39. The van der Waals surface area contributed by atoms with Crippen LogP contribution < -0.4 is 9.64 Å². The molecule has 0 saturated carbocycles. The van der Waals surface area contributed by atoms with Gasteiger partial charge in [-0.2, -0.15) is 5.26 Å². The molecule has 2 aromatic carbocycles. The fourth-order valence-electron chi connectivity index (χ4n) is 3.03. The molecule has 0 aromatic heterocycles. The van der Waals surface area contributed by atoms with Crippen molar-refractivity contribution in [1.82, 2.24) is 4.90 Å². The van der Waals surface area contributed by atoms with Crippen LogP contribution in [-0.4, -0.2) is 36.1 Å². The number of imide groups is 1. The molecule has 1 aliphatic rings. The molecule has 1 saturated heterocycles. The summed E-state index contributed by atoms with van der Waals surface area (Å²) in [5, 5.41) is 18.6. The van der Waals surface area contributed by atoms with E-state index in [4.69, 9.17) is 10.00 Å². The number of methoxy groups -OCH3 is 1. The number of nitrogens with zero attached hydrogens (tertiary/aromatic N) is 3. The summed E-state index contributed by atoms with van der Waals surface area (Å²) in [6, 6.07) is 12.2. The first-order chi connectivity index (χ1) is 12.3. The second-order valence-electron chi connectivity index (χ2n) is 6.10. The Morgan fingerprint density at radius 3 is 2.38 bits per heavy atom. The van der Waals surface area contributed by atoms with Gasteiger partial charge >= 0.3 is 6.03 Å². The predicted molar refractivity (Wildman–Crippen MR) is 93.8 cm³/mol. The van der Waals surface area contributed by atoms with Crippen molar-refractivity contribution in [2.24, 2.45) is 0 Å². The Balaban J connectivity index is 2.08. The van der Waals surface area contributed by atoms with Crippen LogP contribution in [0.2, 0.25) is 0 Å². The van der Waals surface area contributed by atoms with E-state index in [1.165, 1.54) is 42.3 Å². The van der Waals surface area contributed by atoms with Crippen LogP contribution in [-0.2, 0) is 10.3 Å². The normalized spacial score (nSPS) is 19.6. The number of nitriles is 1. The van der Waals surface area contributed by atoms with Crippen molar-refractivity contribution in [2.75, 3.05) is 19.1 Å². The maximum absolute atomic E-state index is 13.2. The maximum Gasteiger partial charge on any atom is 0.332 e. The standard InChI is InChI=1S/C19H17N3O4/c1-19(13-5-8-15(23)9-6-13)17(24)22(18(25)21(19)2)14-7-4-12(11-20)16(10-14)26-3/h4-10,23H,1-3H3/t19-/m1/s1. The van der Waals surface area contributed by atoms with Gasteiger partial charge in [0.05, 0.1) is 18.4 Å². The van der Waals surface area contributed by atoms with E-state index in [2.05, 4.69) is 0 Å². The lowest BCUT2D eigenvalue weighted by atomic mass is 9.90. The number of phenols is 1. The Hall–Kier alpha value is -3.53.